The van der Waals surface area contributed by atoms with Gasteiger partial charge in [-0.3, -0.25) is 4.79 Å². The summed E-state index contributed by atoms with van der Waals surface area (Å²) in [6, 6.07) is 0. The molecule has 96 valence electrons. The molecule has 1 aliphatic heterocycles. The first-order chi connectivity index (χ1) is 8.56. The van der Waals surface area contributed by atoms with Gasteiger partial charge in [-0.05, 0) is 33.6 Å². The summed E-state index contributed by atoms with van der Waals surface area (Å²) in [5, 5.41) is 2.76. The minimum Gasteiger partial charge on any atom is -0.322 e. The molecule has 2 nitrogen and oxygen atoms in total. The van der Waals surface area contributed by atoms with Gasteiger partial charge in [0.25, 0.3) is 5.91 Å². The van der Waals surface area contributed by atoms with Crippen LogP contribution in [-0.4, -0.2) is 5.91 Å². The molecule has 0 saturated carbocycles. The van der Waals surface area contributed by atoms with E-state index in [1.54, 1.807) is 0 Å². The molecule has 0 atom stereocenters. The van der Waals surface area contributed by atoms with E-state index < -0.39 is 0 Å². The van der Waals surface area contributed by atoms with Crippen LogP contribution in [0, 0.1) is 0 Å². The standard InChI is InChI=1S/C9H9NO.C7H12/c1-6-7-4-2-3-5-8(7)10-9(6)11;1-4-5-6-7(2)3/h4-5H,1-3H2,(H,10,11);4-6H,1-3H3/b;5-4-. The van der Waals surface area contributed by atoms with Crippen LogP contribution < -0.4 is 5.32 Å². The quantitative estimate of drug-likeness (QED) is 0.550. The number of hydrogen-bond donors (Lipinski definition) is 1. The highest BCUT2D eigenvalue weighted by molar-refractivity contribution is 6.04. The Kier molecular flexibility index (Phi) is 5.37. The minimum absolute atomic E-state index is 0.0515. The van der Waals surface area contributed by atoms with Crippen molar-refractivity contribution in [1.82, 2.24) is 5.32 Å². The Balaban J connectivity index is 0.000000203. The van der Waals surface area contributed by atoms with Gasteiger partial charge in [-0.2, -0.15) is 0 Å². The van der Waals surface area contributed by atoms with Crippen molar-refractivity contribution in [3.05, 3.63) is 59.4 Å². The van der Waals surface area contributed by atoms with Crippen molar-refractivity contribution < 1.29 is 4.79 Å². The zero-order valence-electron chi connectivity index (χ0n) is 11.4. The third kappa shape index (κ3) is 3.88. The maximum absolute atomic E-state index is 11.0. The van der Waals surface area contributed by atoms with E-state index in [-0.39, 0.29) is 5.91 Å². The second-order valence-electron chi connectivity index (χ2n) is 4.52. The summed E-state index contributed by atoms with van der Waals surface area (Å²) in [5.41, 5.74) is 3.90. The third-order valence-electron chi connectivity index (χ3n) is 2.62. The topological polar surface area (TPSA) is 29.1 Å². The van der Waals surface area contributed by atoms with E-state index in [2.05, 4.69) is 37.9 Å². The van der Waals surface area contributed by atoms with Crippen LogP contribution >= 0.6 is 0 Å². The molecule has 0 aromatic carbocycles. The zero-order valence-corrected chi connectivity index (χ0v) is 11.4. The predicted octanol–water partition coefficient (Wildman–Crippen LogP) is 3.81. The smallest absolute Gasteiger partial charge is 0.255 e. The molecular formula is C16H21NO. The van der Waals surface area contributed by atoms with Crippen LogP contribution in [0.15, 0.2) is 59.4 Å². The van der Waals surface area contributed by atoms with Crippen LogP contribution in [0.4, 0.5) is 0 Å². The maximum Gasteiger partial charge on any atom is 0.255 e. The normalized spacial score (nSPS) is 17.3. The zero-order chi connectivity index (χ0) is 13.5. The number of amides is 1. The highest BCUT2D eigenvalue weighted by atomic mass is 16.2. The van der Waals surface area contributed by atoms with Crippen molar-refractivity contribution in [3.8, 4) is 0 Å². The van der Waals surface area contributed by atoms with Crippen LogP contribution in [0.5, 0.6) is 0 Å². The molecule has 0 aromatic heterocycles. The summed E-state index contributed by atoms with van der Waals surface area (Å²) < 4.78 is 0. The lowest BCUT2D eigenvalue weighted by Crippen LogP contribution is -2.12. The van der Waals surface area contributed by atoms with Crippen molar-refractivity contribution in [1.29, 1.82) is 0 Å². The molecule has 2 aliphatic rings. The molecular weight excluding hydrogens is 222 g/mol. The highest BCUT2D eigenvalue weighted by Gasteiger charge is 2.25. The van der Waals surface area contributed by atoms with Crippen molar-refractivity contribution in [2.75, 3.05) is 0 Å². The summed E-state index contributed by atoms with van der Waals surface area (Å²) in [6.07, 6.45) is 12.3. The monoisotopic (exact) mass is 243 g/mol. The number of carbonyl (C=O) groups is 1. The number of hydrogen-bond acceptors (Lipinski definition) is 1. The first-order valence-corrected chi connectivity index (χ1v) is 6.23. The van der Waals surface area contributed by atoms with Crippen molar-refractivity contribution in [2.24, 2.45) is 0 Å². The molecule has 1 aliphatic carbocycles. The van der Waals surface area contributed by atoms with Crippen molar-refractivity contribution in [3.63, 3.8) is 0 Å². The highest BCUT2D eigenvalue weighted by Crippen LogP contribution is 2.27. The minimum atomic E-state index is -0.0515. The van der Waals surface area contributed by atoms with Gasteiger partial charge in [0.1, 0.15) is 0 Å². The number of rotatable bonds is 1. The SMILES string of the molecule is C/C=C\C=C(C)C.C=C1C(=O)NC2=CCCC=C12. The van der Waals surface area contributed by atoms with E-state index in [0.29, 0.717) is 5.57 Å². The second-order valence-corrected chi connectivity index (χ2v) is 4.52. The summed E-state index contributed by atoms with van der Waals surface area (Å²) in [7, 11) is 0. The molecule has 0 radical (unpaired) electrons. The second kappa shape index (κ2) is 6.80. The fourth-order valence-electron chi connectivity index (χ4n) is 1.69. The van der Waals surface area contributed by atoms with Gasteiger partial charge in [-0.1, -0.05) is 42.5 Å². The lowest BCUT2D eigenvalue weighted by Gasteiger charge is -2.04. The molecule has 1 heterocycles. The Morgan fingerprint density at radius 2 is 2.00 bits per heavy atom. The number of nitrogens with one attached hydrogen (secondary N) is 1. The summed E-state index contributed by atoms with van der Waals surface area (Å²) in [4.78, 5) is 11.0. The fourth-order valence-corrected chi connectivity index (χ4v) is 1.69. The molecule has 0 aromatic rings. The van der Waals surface area contributed by atoms with Gasteiger partial charge in [-0.15, -0.1) is 0 Å². The number of carbonyl (C=O) groups excluding carboxylic acids is 1. The molecule has 1 fully saturated rings. The summed E-state index contributed by atoms with van der Waals surface area (Å²) in [5.74, 6) is -0.0515. The Morgan fingerprint density at radius 3 is 2.50 bits per heavy atom. The van der Waals surface area contributed by atoms with Crippen LogP contribution in [0.3, 0.4) is 0 Å². The Bertz CT molecular complexity index is 457. The first-order valence-electron chi connectivity index (χ1n) is 6.23. The molecule has 1 saturated heterocycles. The number of allylic oxidation sites excluding steroid dienone is 7. The van der Waals surface area contributed by atoms with Gasteiger partial charge in [0, 0.05) is 16.8 Å². The molecule has 0 unspecified atom stereocenters. The molecule has 18 heavy (non-hydrogen) atoms. The molecule has 2 heteroatoms. The average Bonchev–Trinajstić information content (AvgIpc) is 2.64. The van der Waals surface area contributed by atoms with Gasteiger partial charge in [0.2, 0.25) is 0 Å². The first kappa shape index (κ1) is 14.2. The van der Waals surface area contributed by atoms with Crippen LogP contribution in [0.25, 0.3) is 0 Å². The lowest BCUT2D eigenvalue weighted by atomic mass is 10.0. The molecule has 2 rings (SSSR count). The van der Waals surface area contributed by atoms with E-state index in [4.69, 9.17) is 0 Å². The summed E-state index contributed by atoms with van der Waals surface area (Å²) >= 11 is 0. The number of fused-ring (bicyclic) bond motifs is 1. The van der Waals surface area contributed by atoms with E-state index in [1.165, 1.54) is 5.57 Å². The largest absolute Gasteiger partial charge is 0.322 e. The third-order valence-corrected chi connectivity index (χ3v) is 2.62. The van der Waals surface area contributed by atoms with Gasteiger partial charge in [0.05, 0.1) is 0 Å². The van der Waals surface area contributed by atoms with Crippen molar-refractivity contribution in [2.45, 2.75) is 33.6 Å². The van der Waals surface area contributed by atoms with Gasteiger partial charge < -0.3 is 5.32 Å². The maximum atomic E-state index is 11.0. The van der Waals surface area contributed by atoms with Gasteiger partial charge in [-0.25, -0.2) is 0 Å². The Hall–Kier alpha value is -1.83. The van der Waals surface area contributed by atoms with Gasteiger partial charge >= 0.3 is 0 Å². The van der Waals surface area contributed by atoms with Crippen LogP contribution in [0.1, 0.15) is 33.6 Å². The molecule has 1 N–H and O–H groups in total. The molecule has 0 spiro atoms. The van der Waals surface area contributed by atoms with Gasteiger partial charge in [0.15, 0.2) is 0 Å². The van der Waals surface area contributed by atoms with Crippen LogP contribution in [-0.2, 0) is 4.79 Å². The Labute approximate surface area is 109 Å². The average molecular weight is 243 g/mol. The molecule has 1 amide bonds. The molecule has 0 bridgehead atoms. The van der Waals surface area contributed by atoms with E-state index in [1.807, 2.05) is 25.2 Å². The van der Waals surface area contributed by atoms with Crippen molar-refractivity contribution >= 4 is 5.91 Å². The Morgan fingerprint density at radius 1 is 1.33 bits per heavy atom. The predicted molar refractivity (Wildman–Crippen MR) is 76.9 cm³/mol. The summed E-state index contributed by atoms with van der Waals surface area (Å²) in [6.45, 7) is 9.88. The fraction of sp³-hybridized carbons (Fsp3) is 0.312. The van der Waals surface area contributed by atoms with E-state index >= 15 is 0 Å². The van der Waals surface area contributed by atoms with E-state index in [0.717, 1.165) is 24.1 Å². The van der Waals surface area contributed by atoms with Crippen LogP contribution in [0.2, 0.25) is 0 Å². The lowest BCUT2D eigenvalue weighted by molar-refractivity contribution is -0.115. The van der Waals surface area contributed by atoms with E-state index in [9.17, 15) is 4.79 Å².